The van der Waals surface area contributed by atoms with Gasteiger partial charge in [0.15, 0.2) is 0 Å². The summed E-state index contributed by atoms with van der Waals surface area (Å²) in [7, 11) is 0. The van der Waals surface area contributed by atoms with Gasteiger partial charge in [-0.1, -0.05) is 42.5 Å². The molecule has 5 rings (SSSR count). The van der Waals surface area contributed by atoms with Crippen LogP contribution in [-0.2, 0) is 6.61 Å². The molecule has 5 heteroatoms. The minimum atomic E-state index is -0.414. The van der Waals surface area contributed by atoms with E-state index < -0.39 is 5.82 Å². The Balaban J connectivity index is 0.000000152. The first-order valence-corrected chi connectivity index (χ1v) is 10.9. The Labute approximate surface area is 182 Å². The highest BCUT2D eigenvalue weighted by atomic mass is 19.1. The van der Waals surface area contributed by atoms with Gasteiger partial charge in [-0.3, -0.25) is 4.79 Å². The molecule has 4 nitrogen and oxygen atoms in total. The quantitative estimate of drug-likeness (QED) is 0.635. The SMILES string of the molecule is O=C(c1ccc(F)cn1)N1CCCC1.OCc1cccc(-c2ccccc2C2CC2)c1. The molecule has 1 saturated carbocycles. The van der Waals surface area contributed by atoms with Gasteiger partial charge in [0.1, 0.15) is 11.5 Å². The number of hydrogen-bond donors (Lipinski definition) is 1. The van der Waals surface area contributed by atoms with Gasteiger partial charge in [-0.15, -0.1) is 0 Å². The van der Waals surface area contributed by atoms with Crippen molar-refractivity contribution in [2.24, 2.45) is 0 Å². The zero-order chi connectivity index (χ0) is 21.6. The van der Waals surface area contributed by atoms with Crippen LogP contribution >= 0.6 is 0 Å². The molecule has 2 aromatic carbocycles. The van der Waals surface area contributed by atoms with Gasteiger partial charge < -0.3 is 10.0 Å². The number of pyridine rings is 1. The topological polar surface area (TPSA) is 53.4 Å². The zero-order valence-corrected chi connectivity index (χ0v) is 17.5. The second kappa shape index (κ2) is 9.84. The molecule has 1 aromatic heterocycles. The first-order valence-electron chi connectivity index (χ1n) is 10.9. The fourth-order valence-electron chi connectivity index (χ4n) is 3.93. The molecule has 3 aromatic rings. The van der Waals surface area contributed by atoms with Crippen molar-refractivity contribution >= 4 is 5.91 Å². The van der Waals surface area contributed by atoms with E-state index >= 15 is 0 Å². The molecule has 1 aliphatic heterocycles. The molecule has 0 unspecified atom stereocenters. The average Bonchev–Trinajstić information content (AvgIpc) is 3.53. The van der Waals surface area contributed by atoms with E-state index in [1.54, 1.807) is 4.90 Å². The maximum Gasteiger partial charge on any atom is 0.272 e. The number of nitrogens with zero attached hydrogens (tertiary/aromatic N) is 2. The fraction of sp³-hybridized carbons (Fsp3) is 0.308. The van der Waals surface area contributed by atoms with Gasteiger partial charge in [-0.05, 0) is 72.1 Å². The highest BCUT2D eigenvalue weighted by molar-refractivity contribution is 5.92. The Morgan fingerprint density at radius 1 is 1.03 bits per heavy atom. The normalized spacial score (nSPS) is 15.4. The average molecular weight is 419 g/mol. The molecule has 1 N–H and O–H groups in total. The van der Waals surface area contributed by atoms with E-state index in [1.807, 2.05) is 12.1 Å². The van der Waals surface area contributed by atoms with Crippen molar-refractivity contribution < 1.29 is 14.3 Å². The molecule has 0 bridgehead atoms. The van der Waals surface area contributed by atoms with Crippen molar-refractivity contribution in [1.82, 2.24) is 9.88 Å². The van der Waals surface area contributed by atoms with Crippen LogP contribution in [0.15, 0.2) is 66.9 Å². The molecule has 0 radical (unpaired) electrons. The van der Waals surface area contributed by atoms with E-state index in [1.165, 1.54) is 41.7 Å². The number of carbonyl (C=O) groups is 1. The van der Waals surface area contributed by atoms with Gasteiger partial charge in [0, 0.05) is 13.1 Å². The number of aliphatic hydroxyl groups excluding tert-OH is 1. The molecule has 2 aliphatic rings. The molecule has 160 valence electrons. The maximum atomic E-state index is 12.5. The van der Waals surface area contributed by atoms with Crippen LogP contribution in [0.5, 0.6) is 0 Å². The lowest BCUT2D eigenvalue weighted by atomic mass is 9.96. The third kappa shape index (κ3) is 5.36. The number of rotatable bonds is 4. The summed E-state index contributed by atoms with van der Waals surface area (Å²) in [6.45, 7) is 1.69. The summed E-state index contributed by atoms with van der Waals surface area (Å²) >= 11 is 0. The first-order chi connectivity index (χ1) is 15.2. The lowest BCUT2D eigenvalue weighted by molar-refractivity contribution is 0.0787. The number of likely N-dealkylation sites (tertiary alicyclic amines) is 1. The second-order valence-electron chi connectivity index (χ2n) is 8.08. The summed E-state index contributed by atoms with van der Waals surface area (Å²) in [5, 5.41) is 9.20. The number of amides is 1. The minimum absolute atomic E-state index is 0.0949. The lowest BCUT2D eigenvalue weighted by Crippen LogP contribution is -2.28. The standard InChI is InChI=1S/C16H16O.C10H11FN2O/c17-11-12-4-3-5-14(10-12)16-7-2-1-6-15(16)13-8-9-13;11-8-3-4-9(12-7-8)10(14)13-5-1-2-6-13/h1-7,10,13,17H,8-9,11H2;3-4,7H,1-2,5-6H2. The molecule has 2 fully saturated rings. The molecule has 2 heterocycles. The van der Waals surface area contributed by atoms with Gasteiger partial charge in [0.05, 0.1) is 12.8 Å². The predicted molar refractivity (Wildman–Crippen MR) is 119 cm³/mol. The molecule has 1 aliphatic carbocycles. The summed E-state index contributed by atoms with van der Waals surface area (Å²) in [6, 6.07) is 19.5. The van der Waals surface area contributed by atoms with E-state index in [2.05, 4.69) is 41.4 Å². The number of hydrogen-bond acceptors (Lipinski definition) is 3. The Hall–Kier alpha value is -3.05. The van der Waals surface area contributed by atoms with Crippen LogP contribution in [0.25, 0.3) is 11.1 Å². The Kier molecular flexibility index (Phi) is 6.73. The molecule has 31 heavy (non-hydrogen) atoms. The van der Waals surface area contributed by atoms with E-state index in [0.29, 0.717) is 5.69 Å². The van der Waals surface area contributed by atoms with Crippen LogP contribution in [0.1, 0.15) is 53.2 Å². The van der Waals surface area contributed by atoms with E-state index in [9.17, 15) is 14.3 Å². The third-order valence-electron chi connectivity index (χ3n) is 5.74. The number of aliphatic hydroxyl groups is 1. The van der Waals surface area contributed by atoms with Crippen molar-refractivity contribution in [2.45, 2.75) is 38.2 Å². The van der Waals surface area contributed by atoms with Crippen LogP contribution in [0.3, 0.4) is 0 Å². The monoisotopic (exact) mass is 418 g/mol. The van der Waals surface area contributed by atoms with Crippen LogP contribution in [0.2, 0.25) is 0 Å². The van der Waals surface area contributed by atoms with Crippen molar-refractivity contribution in [3.63, 3.8) is 0 Å². The summed E-state index contributed by atoms with van der Waals surface area (Å²) < 4.78 is 12.5. The Morgan fingerprint density at radius 2 is 1.81 bits per heavy atom. The van der Waals surface area contributed by atoms with Gasteiger partial charge in [0.25, 0.3) is 5.91 Å². The first kappa shape index (κ1) is 21.2. The Morgan fingerprint density at radius 3 is 2.48 bits per heavy atom. The van der Waals surface area contributed by atoms with Gasteiger partial charge >= 0.3 is 0 Å². The van der Waals surface area contributed by atoms with Crippen LogP contribution in [0, 0.1) is 5.82 Å². The molecule has 1 amide bonds. The molecular weight excluding hydrogens is 391 g/mol. The van der Waals surface area contributed by atoms with E-state index in [4.69, 9.17) is 0 Å². The van der Waals surface area contributed by atoms with Gasteiger partial charge in [-0.25, -0.2) is 9.37 Å². The largest absolute Gasteiger partial charge is 0.392 e. The maximum absolute atomic E-state index is 12.5. The number of aromatic nitrogens is 1. The van der Waals surface area contributed by atoms with Crippen LogP contribution in [-0.4, -0.2) is 34.0 Å². The van der Waals surface area contributed by atoms with E-state index in [0.717, 1.165) is 43.6 Å². The van der Waals surface area contributed by atoms with Gasteiger partial charge in [0.2, 0.25) is 0 Å². The number of carbonyl (C=O) groups excluding carboxylic acids is 1. The minimum Gasteiger partial charge on any atom is -0.392 e. The Bertz CT molecular complexity index is 1030. The van der Waals surface area contributed by atoms with Gasteiger partial charge in [-0.2, -0.15) is 0 Å². The van der Waals surface area contributed by atoms with Crippen molar-refractivity contribution in [1.29, 1.82) is 0 Å². The van der Waals surface area contributed by atoms with E-state index in [-0.39, 0.29) is 12.5 Å². The van der Waals surface area contributed by atoms with Crippen molar-refractivity contribution in [2.75, 3.05) is 13.1 Å². The molecule has 0 atom stereocenters. The molecular formula is C26H27FN2O2. The molecule has 1 saturated heterocycles. The number of benzene rings is 2. The number of halogens is 1. The van der Waals surface area contributed by atoms with Crippen LogP contribution in [0.4, 0.5) is 4.39 Å². The third-order valence-corrected chi connectivity index (χ3v) is 5.74. The summed E-state index contributed by atoms with van der Waals surface area (Å²) in [5.74, 6) is 0.245. The highest BCUT2D eigenvalue weighted by Crippen LogP contribution is 2.44. The van der Waals surface area contributed by atoms with Crippen molar-refractivity contribution in [3.05, 3.63) is 89.5 Å². The predicted octanol–water partition coefficient (Wildman–Crippen LogP) is 5.18. The highest BCUT2D eigenvalue weighted by Gasteiger charge is 2.26. The smallest absolute Gasteiger partial charge is 0.272 e. The fourth-order valence-corrected chi connectivity index (χ4v) is 3.93. The summed E-state index contributed by atoms with van der Waals surface area (Å²) in [4.78, 5) is 17.2. The van der Waals surface area contributed by atoms with Crippen LogP contribution < -0.4 is 0 Å². The summed E-state index contributed by atoms with van der Waals surface area (Å²) in [5.41, 5.74) is 5.31. The molecule has 0 spiro atoms. The second-order valence-corrected chi connectivity index (χ2v) is 8.08. The zero-order valence-electron chi connectivity index (χ0n) is 17.5. The lowest BCUT2D eigenvalue weighted by Gasteiger charge is -2.13. The summed E-state index contributed by atoms with van der Waals surface area (Å²) in [6.07, 6.45) is 5.80. The van der Waals surface area contributed by atoms with Crippen molar-refractivity contribution in [3.8, 4) is 11.1 Å².